The van der Waals surface area contributed by atoms with Crippen molar-refractivity contribution < 1.29 is 18.0 Å². The van der Waals surface area contributed by atoms with Gasteiger partial charge in [0.25, 0.3) is 5.91 Å². The van der Waals surface area contributed by atoms with Crippen LogP contribution in [0.15, 0.2) is 42.6 Å². The zero-order valence-corrected chi connectivity index (χ0v) is 16.5. The zero-order chi connectivity index (χ0) is 21.5. The average molecular weight is 415 g/mol. The topological polar surface area (TPSA) is 63.9 Å². The number of fused-ring (bicyclic) bond motifs is 1. The summed E-state index contributed by atoms with van der Waals surface area (Å²) in [5.41, 5.74) is 1.69. The summed E-state index contributed by atoms with van der Waals surface area (Å²) in [5, 5.41) is 8.53. The van der Waals surface area contributed by atoms with Crippen molar-refractivity contribution in [1.29, 1.82) is 0 Å². The first-order valence-electron chi connectivity index (χ1n) is 9.68. The fraction of sp³-hybridized carbons (Fsp3) is 0.333. The number of carbonyl (C=O) groups excluding carboxylic acids is 1. The van der Waals surface area contributed by atoms with Crippen LogP contribution in [0.5, 0.6) is 0 Å². The van der Waals surface area contributed by atoms with Gasteiger partial charge in [0, 0.05) is 24.7 Å². The molecule has 2 aromatic heterocycles. The van der Waals surface area contributed by atoms with Crippen LogP contribution >= 0.6 is 0 Å². The van der Waals surface area contributed by atoms with Crippen molar-refractivity contribution in [3.8, 4) is 5.82 Å². The van der Waals surface area contributed by atoms with E-state index >= 15 is 0 Å². The van der Waals surface area contributed by atoms with Gasteiger partial charge >= 0.3 is 6.18 Å². The summed E-state index contributed by atoms with van der Waals surface area (Å²) in [6.45, 7) is 4.19. The number of rotatable bonds is 3. The lowest BCUT2D eigenvalue weighted by Crippen LogP contribution is -2.39. The van der Waals surface area contributed by atoms with E-state index in [1.165, 1.54) is 17.0 Å². The van der Waals surface area contributed by atoms with Crippen LogP contribution in [0.1, 0.15) is 52.8 Å². The molecule has 0 aliphatic carbocycles. The van der Waals surface area contributed by atoms with E-state index in [4.69, 9.17) is 0 Å². The molecule has 0 spiro atoms. The minimum atomic E-state index is -4.50. The van der Waals surface area contributed by atoms with E-state index in [0.717, 1.165) is 29.8 Å². The summed E-state index contributed by atoms with van der Waals surface area (Å²) in [5.74, 6) is 0.250. The maximum absolute atomic E-state index is 13.0. The third kappa shape index (κ3) is 3.44. The second kappa shape index (κ2) is 7.55. The predicted octanol–water partition coefficient (Wildman–Crippen LogP) is 4.00. The number of halogens is 3. The molecule has 3 aromatic rings. The Kier molecular flexibility index (Phi) is 5.05. The summed E-state index contributed by atoms with van der Waals surface area (Å²) in [6.07, 6.45) is -1.54. The highest BCUT2D eigenvalue weighted by Gasteiger charge is 2.35. The number of benzene rings is 1. The van der Waals surface area contributed by atoms with Crippen LogP contribution in [-0.4, -0.2) is 37.3 Å². The van der Waals surface area contributed by atoms with Crippen LogP contribution in [0.25, 0.3) is 5.82 Å². The van der Waals surface area contributed by atoms with Crippen molar-refractivity contribution in [3.63, 3.8) is 0 Å². The molecule has 0 N–H and O–H groups in total. The highest BCUT2D eigenvalue weighted by atomic mass is 19.4. The minimum Gasteiger partial charge on any atom is -0.330 e. The Morgan fingerprint density at radius 1 is 1.23 bits per heavy atom. The number of hydrogen-bond donors (Lipinski definition) is 0. The van der Waals surface area contributed by atoms with E-state index in [1.54, 1.807) is 10.9 Å². The summed E-state index contributed by atoms with van der Waals surface area (Å²) in [7, 11) is 0. The molecule has 1 amide bonds. The number of aromatic nitrogens is 4. The minimum absolute atomic E-state index is 0.00510. The summed E-state index contributed by atoms with van der Waals surface area (Å²) < 4.78 is 40.8. The fourth-order valence-electron chi connectivity index (χ4n) is 3.78. The number of nitrogens with zero attached hydrogens (tertiary/aromatic N) is 5. The molecular formula is C21H20F3N5O. The van der Waals surface area contributed by atoms with Crippen LogP contribution in [-0.2, 0) is 19.0 Å². The Labute approximate surface area is 171 Å². The molecule has 3 heterocycles. The van der Waals surface area contributed by atoms with Gasteiger partial charge in [-0.1, -0.05) is 24.3 Å². The molecule has 0 fully saturated rings. The number of aryl methyl sites for hydroxylation is 1. The zero-order valence-electron chi connectivity index (χ0n) is 16.5. The number of hydrogen-bond acceptors (Lipinski definition) is 4. The van der Waals surface area contributed by atoms with E-state index in [0.29, 0.717) is 24.5 Å². The van der Waals surface area contributed by atoms with Crippen LogP contribution in [0, 0.1) is 0 Å². The lowest BCUT2D eigenvalue weighted by Gasteiger charge is -2.32. The molecule has 1 unspecified atom stereocenters. The van der Waals surface area contributed by atoms with Gasteiger partial charge in [0.15, 0.2) is 5.82 Å². The molecule has 6 nitrogen and oxygen atoms in total. The van der Waals surface area contributed by atoms with E-state index < -0.39 is 23.7 Å². The molecular weight excluding hydrogens is 395 g/mol. The van der Waals surface area contributed by atoms with Gasteiger partial charge in [-0.05, 0) is 43.2 Å². The number of carbonyl (C=O) groups is 1. The second-order valence-corrected chi connectivity index (χ2v) is 7.18. The highest BCUT2D eigenvalue weighted by Crippen LogP contribution is 2.33. The van der Waals surface area contributed by atoms with Crippen molar-refractivity contribution in [2.75, 3.05) is 6.54 Å². The summed E-state index contributed by atoms with van der Waals surface area (Å²) >= 11 is 0. The maximum atomic E-state index is 13.0. The molecule has 0 saturated carbocycles. The molecule has 1 aliphatic rings. The van der Waals surface area contributed by atoms with Gasteiger partial charge < -0.3 is 4.90 Å². The van der Waals surface area contributed by atoms with Crippen molar-refractivity contribution in [1.82, 2.24) is 24.9 Å². The van der Waals surface area contributed by atoms with Crippen LogP contribution in [0.2, 0.25) is 0 Å². The van der Waals surface area contributed by atoms with Crippen molar-refractivity contribution >= 4 is 5.91 Å². The average Bonchev–Trinajstić information content (AvgIpc) is 3.18. The molecule has 0 saturated heterocycles. The van der Waals surface area contributed by atoms with E-state index in [9.17, 15) is 18.0 Å². The van der Waals surface area contributed by atoms with Crippen LogP contribution < -0.4 is 0 Å². The molecule has 4 rings (SSSR count). The Hall–Kier alpha value is -3.23. The monoisotopic (exact) mass is 415 g/mol. The molecule has 0 radical (unpaired) electrons. The van der Waals surface area contributed by atoms with Gasteiger partial charge in [-0.15, -0.1) is 5.10 Å². The van der Waals surface area contributed by atoms with Crippen LogP contribution in [0.4, 0.5) is 13.2 Å². The quantitative estimate of drug-likeness (QED) is 0.649. The Bertz CT molecular complexity index is 1090. The van der Waals surface area contributed by atoms with Gasteiger partial charge in [0.2, 0.25) is 0 Å². The first kappa shape index (κ1) is 20.1. The second-order valence-electron chi connectivity index (χ2n) is 7.18. The Balaban J connectivity index is 1.65. The van der Waals surface area contributed by atoms with Crippen molar-refractivity contribution in [2.24, 2.45) is 0 Å². The maximum Gasteiger partial charge on any atom is 0.416 e. The number of alkyl halides is 3. The van der Waals surface area contributed by atoms with Gasteiger partial charge in [-0.25, -0.2) is 4.98 Å². The third-order valence-electron chi connectivity index (χ3n) is 5.39. The molecule has 1 atom stereocenters. The van der Waals surface area contributed by atoms with E-state index in [2.05, 4.69) is 15.3 Å². The van der Waals surface area contributed by atoms with Gasteiger partial charge in [-0.3, -0.25) is 4.79 Å². The van der Waals surface area contributed by atoms with Crippen molar-refractivity contribution in [2.45, 2.75) is 38.9 Å². The van der Waals surface area contributed by atoms with Crippen molar-refractivity contribution in [3.05, 3.63) is 70.7 Å². The normalized spacial score (nSPS) is 16.4. The van der Waals surface area contributed by atoms with Gasteiger partial charge in [-0.2, -0.15) is 17.9 Å². The molecule has 30 heavy (non-hydrogen) atoms. The molecule has 156 valence electrons. The number of amides is 1. The standard InChI is InChI=1S/C21H20F3N5O/c1-3-14-7-5-10-25-19(14)29-17-9-11-28(13(2)18(17)26-27-29)20(30)15-6-4-8-16(12-15)21(22,23)24/h4-8,10,12-13H,3,9,11H2,1-2H3. The smallest absolute Gasteiger partial charge is 0.330 e. The third-order valence-corrected chi connectivity index (χ3v) is 5.39. The summed E-state index contributed by atoms with van der Waals surface area (Å²) in [4.78, 5) is 18.9. The highest BCUT2D eigenvalue weighted by molar-refractivity contribution is 5.94. The number of pyridine rings is 1. The van der Waals surface area contributed by atoms with Gasteiger partial charge in [0.05, 0.1) is 17.3 Å². The first-order chi connectivity index (χ1) is 14.3. The lowest BCUT2D eigenvalue weighted by atomic mass is 10.0. The fourth-order valence-corrected chi connectivity index (χ4v) is 3.78. The first-order valence-corrected chi connectivity index (χ1v) is 9.68. The Morgan fingerprint density at radius 2 is 2.03 bits per heavy atom. The largest absolute Gasteiger partial charge is 0.416 e. The molecule has 1 aliphatic heterocycles. The SMILES string of the molecule is CCc1cccnc1-n1nnc2c1CCN(C(=O)c1cccc(C(F)(F)F)c1)C2C. The molecule has 1 aromatic carbocycles. The Morgan fingerprint density at radius 3 is 2.77 bits per heavy atom. The van der Waals surface area contributed by atoms with Crippen LogP contribution in [0.3, 0.4) is 0 Å². The van der Waals surface area contributed by atoms with E-state index in [-0.39, 0.29) is 5.56 Å². The predicted molar refractivity (Wildman–Crippen MR) is 103 cm³/mol. The molecule has 0 bridgehead atoms. The van der Waals surface area contributed by atoms with E-state index in [1.807, 2.05) is 26.0 Å². The molecule has 9 heteroatoms. The summed E-state index contributed by atoms with van der Waals surface area (Å²) in [6, 6.07) is 7.92. The lowest BCUT2D eigenvalue weighted by molar-refractivity contribution is -0.137. The van der Waals surface area contributed by atoms with Gasteiger partial charge in [0.1, 0.15) is 5.69 Å².